The van der Waals surface area contributed by atoms with E-state index in [9.17, 15) is 13.5 Å². The molecule has 1 fully saturated rings. The minimum absolute atomic E-state index is 0.155. The van der Waals surface area contributed by atoms with Gasteiger partial charge in [0.2, 0.25) is 10.0 Å². The van der Waals surface area contributed by atoms with Crippen LogP contribution in [0.25, 0.3) is 0 Å². The quantitative estimate of drug-likeness (QED) is 0.741. The van der Waals surface area contributed by atoms with Crippen molar-refractivity contribution in [1.82, 2.24) is 4.31 Å². The highest BCUT2D eigenvalue weighted by Gasteiger charge is 2.37. The van der Waals surface area contributed by atoms with Crippen LogP contribution in [-0.2, 0) is 10.0 Å². The third-order valence-corrected chi connectivity index (χ3v) is 6.95. The predicted octanol–water partition coefficient (Wildman–Crippen LogP) is 1.94. The molecule has 1 aromatic carbocycles. The van der Waals surface area contributed by atoms with Crippen LogP contribution in [0.3, 0.4) is 0 Å². The largest absolute Gasteiger partial charge is 0.399 e. The maximum atomic E-state index is 12.7. The predicted molar refractivity (Wildman–Crippen MR) is 80.3 cm³/mol. The molecule has 0 aromatic heterocycles. The molecule has 0 saturated carbocycles. The summed E-state index contributed by atoms with van der Waals surface area (Å²) in [6.45, 7) is 0.264. The van der Waals surface area contributed by atoms with Gasteiger partial charge in [-0.15, -0.1) is 0 Å². The summed E-state index contributed by atoms with van der Waals surface area (Å²) >= 11 is 6.49. The van der Waals surface area contributed by atoms with E-state index in [0.29, 0.717) is 27.6 Å². The lowest BCUT2D eigenvalue weighted by Crippen LogP contribution is -2.37. The molecule has 1 saturated heterocycles. The Balaban J connectivity index is 2.51. The van der Waals surface area contributed by atoms with Gasteiger partial charge in [-0.05, 0) is 56.8 Å². The van der Waals surface area contributed by atoms with Crippen LogP contribution in [0.1, 0.15) is 12.8 Å². The zero-order chi connectivity index (χ0) is 14.2. The van der Waals surface area contributed by atoms with E-state index in [-0.39, 0.29) is 17.5 Å². The Kier molecular flexibility index (Phi) is 4.56. The fraction of sp³-hybridized carbons (Fsp3) is 0.455. The fourth-order valence-electron chi connectivity index (χ4n) is 2.25. The summed E-state index contributed by atoms with van der Waals surface area (Å²) in [5.74, 6) is 0. The lowest BCUT2D eigenvalue weighted by Gasteiger charge is -2.23. The van der Waals surface area contributed by atoms with E-state index < -0.39 is 10.0 Å². The van der Waals surface area contributed by atoms with E-state index in [1.54, 1.807) is 12.1 Å². The van der Waals surface area contributed by atoms with Crippen molar-refractivity contribution in [2.75, 3.05) is 18.9 Å². The monoisotopic (exact) mass is 412 g/mol. The lowest BCUT2D eigenvalue weighted by atomic mass is 10.2. The smallest absolute Gasteiger partial charge is 0.245 e. The molecule has 0 bridgehead atoms. The Hall–Kier alpha value is -0.150. The first-order valence-corrected chi connectivity index (χ1v) is 8.77. The topological polar surface area (TPSA) is 83.6 Å². The molecule has 1 aliphatic heterocycles. The first kappa shape index (κ1) is 15.2. The number of aliphatic hydroxyl groups excluding tert-OH is 1. The third-order valence-electron chi connectivity index (χ3n) is 3.12. The second-order valence-corrected chi connectivity index (χ2v) is 7.94. The molecule has 1 heterocycles. The number of nitrogen functional groups attached to an aromatic ring is 1. The molecule has 106 valence electrons. The second kappa shape index (κ2) is 5.69. The van der Waals surface area contributed by atoms with Crippen LogP contribution < -0.4 is 5.73 Å². The maximum absolute atomic E-state index is 12.7. The third kappa shape index (κ3) is 2.82. The van der Waals surface area contributed by atoms with Gasteiger partial charge in [0.1, 0.15) is 4.90 Å². The highest BCUT2D eigenvalue weighted by atomic mass is 79.9. The van der Waals surface area contributed by atoms with E-state index in [4.69, 9.17) is 5.73 Å². The van der Waals surface area contributed by atoms with Gasteiger partial charge in [0.15, 0.2) is 0 Å². The van der Waals surface area contributed by atoms with Crippen molar-refractivity contribution in [2.45, 2.75) is 23.8 Å². The summed E-state index contributed by atoms with van der Waals surface area (Å²) in [4.78, 5) is 0.155. The zero-order valence-corrected chi connectivity index (χ0v) is 14.0. The van der Waals surface area contributed by atoms with Gasteiger partial charge in [-0.1, -0.05) is 0 Å². The van der Waals surface area contributed by atoms with Crippen molar-refractivity contribution in [3.8, 4) is 0 Å². The van der Waals surface area contributed by atoms with E-state index in [1.807, 2.05) is 0 Å². The van der Waals surface area contributed by atoms with Gasteiger partial charge in [-0.3, -0.25) is 0 Å². The number of sulfonamides is 1. The number of rotatable bonds is 3. The van der Waals surface area contributed by atoms with E-state index in [1.165, 1.54) is 4.31 Å². The fourth-order valence-corrected chi connectivity index (χ4v) is 6.48. The molecule has 0 radical (unpaired) electrons. The van der Waals surface area contributed by atoms with Crippen LogP contribution in [0.2, 0.25) is 0 Å². The van der Waals surface area contributed by atoms with Crippen LogP contribution in [-0.4, -0.2) is 37.0 Å². The molecule has 8 heteroatoms. The highest BCUT2D eigenvalue weighted by Crippen LogP contribution is 2.36. The molecule has 0 spiro atoms. The number of nitrogens with zero attached hydrogens (tertiary/aromatic N) is 1. The minimum atomic E-state index is -3.65. The zero-order valence-electron chi connectivity index (χ0n) is 10.0. The average Bonchev–Trinajstić information content (AvgIpc) is 2.75. The first-order chi connectivity index (χ1) is 8.87. The van der Waals surface area contributed by atoms with E-state index >= 15 is 0 Å². The Labute approximate surface area is 129 Å². The van der Waals surface area contributed by atoms with Crippen molar-refractivity contribution in [3.63, 3.8) is 0 Å². The van der Waals surface area contributed by atoms with Gasteiger partial charge in [0, 0.05) is 27.2 Å². The van der Waals surface area contributed by atoms with Gasteiger partial charge in [-0.2, -0.15) is 4.31 Å². The molecule has 0 aliphatic carbocycles. The Morgan fingerprint density at radius 3 is 2.47 bits per heavy atom. The number of benzene rings is 1. The molecule has 2 rings (SSSR count). The maximum Gasteiger partial charge on any atom is 0.245 e. The standard InChI is InChI=1S/C11H14Br2N2O3S/c12-9-4-7(14)5-10(13)11(9)19(17,18)15-3-1-2-8(15)6-16/h4-5,8,16H,1-3,6,14H2/t8-/m1/s1. The average molecular weight is 414 g/mol. The van der Waals surface area contributed by atoms with E-state index in [0.717, 1.165) is 6.42 Å². The minimum Gasteiger partial charge on any atom is -0.399 e. The van der Waals surface area contributed by atoms with E-state index in [2.05, 4.69) is 31.9 Å². The molecular weight excluding hydrogens is 400 g/mol. The molecule has 19 heavy (non-hydrogen) atoms. The first-order valence-electron chi connectivity index (χ1n) is 5.75. The summed E-state index contributed by atoms with van der Waals surface area (Å²) in [6, 6.07) is 2.77. The number of halogens is 2. The highest BCUT2D eigenvalue weighted by molar-refractivity contribution is 9.11. The van der Waals surface area contributed by atoms with Crippen molar-refractivity contribution < 1.29 is 13.5 Å². The Bertz CT molecular complexity index is 569. The van der Waals surface area contributed by atoms with Crippen molar-refractivity contribution in [2.24, 2.45) is 0 Å². The lowest BCUT2D eigenvalue weighted by molar-refractivity contribution is 0.213. The summed E-state index contributed by atoms with van der Waals surface area (Å²) in [6.07, 6.45) is 1.44. The van der Waals surface area contributed by atoms with Crippen LogP contribution >= 0.6 is 31.9 Å². The summed E-state index contributed by atoms with van der Waals surface area (Å²) < 4.78 is 27.5. The van der Waals surface area contributed by atoms with Gasteiger partial charge in [0.05, 0.1) is 6.61 Å². The van der Waals surface area contributed by atoms with Crippen molar-refractivity contribution >= 4 is 47.6 Å². The number of nitrogens with two attached hydrogens (primary N) is 1. The molecule has 0 unspecified atom stereocenters. The molecule has 1 aliphatic rings. The van der Waals surface area contributed by atoms with Crippen LogP contribution in [0.5, 0.6) is 0 Å². The van der Waals surface area contributed by atoms with Crippen LogP contribution in [0.4, 0.5) is 5.69 Å². The molecular formula is C11H14Br2N2O3S. The van der Waals surface area contributed by atoms with Gasteiger partial charge in [-0.25, -0.2) is 8.42 Å². The molecule has 1 atom stereocenters. The number of hydrogen-bond acceptors (Lipinski definition) is 4. The molecule has 3 N–H and O–H groups in total. The van der Waals surface area contributed by atoms with Gasteiger partial charge in [0.25, 0.3) is 0 Å². The molecule has 5 nitrogen and oxygen atoms in total. The van der Waals surface area contributed by atoms with Crippen molar-refractivity contribution in [1.29, 1.82) is 0 Å². The Morgan fingerprint density at radius 1 is 1.37 bits per heavy atom. The normalized spacial score (nSPS) is 20.9. The molecule has 1 aromatic rings. The number of anilines is 1. The van der Waals surface area contributed by atoms with Crippen LogP contribution in [0.15, 0.2) is 26.0 Å². The SMILES string of the molecule is Nc1cc(Br)c(S(=O)(=O)N2CCC[C@@H]2CO)c(Br)c1. The summed E-state index contributed by atoms with van der Waals surface area (Å²) in [7, 11) is -3.65. The second-order valence-electron chi connectivity index (χ2n) is 4.41. The number of aliphatic hydroxyl groups is 1. The number of hydrogen-bond donors (Lipinski definition) is 2. The van der Waals surface area contributed by atoms with Crippen molar-refractivity contribution in [3.05, 3.63) is 21.1 Å². The molecule has 0 amide bonds. The van der Waals surface area contributed by atoms with Gasteiger partial charge < -0.3 is 10.8 Å². The summed E-state index contributed by atoms with van der Waals surface area (Å²) in [5.41, 5.74) is 6.14. The Morgan fingerprint density at radius 2 is 1.95 bits per heavy atom. The van der Waals surface area contributed by atoms with Crippen LogP contribution in [0, 0.1) is 0 Å². The summed E-state index contributed by atoms with van der Waals surface area (Å²) in [5, 5.41) is 9.28. The van der Waals surface area contributed by atoms with Gasteiger partial charge >= 0.3 is 0 Å².